The average molecular weight is 1090 g/mol. The molecule has 1 aliphatic heterocycles. The lowest BCUT2D eigenvalue weighted by Gasteiger charge is -2.30. The van der Waals surface area contributed by atoms with Gasteiger partial charge in [-0.25, -0.2) is 4.79 Å². The quantitative estimate of drug-likeness (QED) is 0.0135. The van der Waals surface area contributed by atoms with Gasteiger partial charge in [-0.3, -0.25) is 52.9 Å². The van der Waals surface area contributed by atoms with Gasteiger partial charge < -0.3 is 90.8 Å². The first-order chi connectivity index (χ1) is 35.1. The number of thiol groups is 2. The molecule has 1 aromatic carbocycles. The van der Waals surface area contributed by atoms with Gasteiger partial charge in [0.05, 0.1) is 26.1 Å². The van der Waals surface area contributed by atoms with Crippen LogP contribution in [0.5, 0.6) is 5.75 Å². The smallest absolute Gasteiger partial charge is 0.326 e. The van der Waals surface area contributed by atoms with E-state index in [1.807, 2.05) is 0 Å². The topological polar surface area (TPSA) is 485 Å². The number of unbranched alkanes of at least 4 members (excludes halogenated alkanes) is 1. The van der Waals surface area contributed by atoms with Gasteiger partial charge in [0.25, 0.3) is 0 Å². The lowest BCUT2D eigenvalue weighted by molar-refractivity contribution is -0.144. The highest BCUT2D eigenvalue weighted by Gasteiger charge is 2.40. The molecule has 0 bridgehead atoms. The second kappa shape index (κ2) is 33.0. The maximum absolute atomic E-state index is 13.9. The van der Waals surface area contributed by atoms with Crippen LogP contribution >= 0.6 is 25.3 Å². The second-order valence-electron chi connectivity index (χ2n) is 16.7. The van der Waals surface area contributed by atoms with Crippen LogP contribution in [0.3, 0.4) is 0 Å². The summed E-state index contributed by atoms with van der Waals surface area (Å²) in [5.41, 5.74) is 22.0. The third kappa shape index (κ3) is 22.0. The molecule has 1 aliphatic rings. The number of nitrogens with one attached hydrogen (secondary N) is 8. The van der Waals surface area contributed by atoms with Crippen LogP contribution in [0.4, 0.5) is 0 Å². The minimum Gasteiger partial charge on any atom is -0.508 e. The number of nitrogens with zero attached hydrogens (tertiary/aromatic N) is 2. The van der Waals surface area contributed by atoms with Gasteiger partial charge in [0, 0.05) is 31.0 Å². The van der Waals surface area contributed by atoms with Crippen molar-refractivity contribution in [1.29, 1.82) is 0 Å². The van der Waals surface area contributed by atoms with Gasteiger partial charge in [-0.1, -0.05) is 12.1 Å². The van der Waals surface area contributed by atoms with E-state index in [1.165, 1.54) is 24.3 Å². The maximum atomic E-state index is 13.9. The van der Waals surface area contributed by atoms with E-state index in [1.54, 1.807) is 0 Å². The molecule has 2 rings (SSSR count). The molecule has 1 fully saturated rings. The molecule has 1 heterocycles. The van der Waals surface area contributed by atoms with Crippen LogP contribution in [0, 0.1) is 0 Å². The van der Waals surface area contributed by atoms with E-state index in [4.69, 9.17) is 22.9 Å². The SMILES string of the molecule is NCCCC[C@H](NC(=O)[C@@H](Cc1ccc(O)cc1)NC(=O)[C@H](CS)NC(=O)[C@@H]1CCCN1C(=O)[C@H](CO)NC(=O)[C@H](CC(=O)O)NC(=O)[C@H](CCCN=C(N)N)NC(=O)CNC(=O)[C@@H](CS)NC(=O)CN)C(=O)O. The zero-order chi connectivity index (χ0) is 55.5. The van der Waals surface area contributed by atoms with Crippen LogP contribution < -0.4 is 65.5 Å². The lowest BCUT2D eigenvalue weighted by Crippen LogP contribution is -2.61. The number of carbonyl (C=O) groups excluding carboxylic acids is 9. The predicted octanol–water partition coefficient (Wildman–Crippen LogP) is -7.01. The van der Waals surface area contributed by atoms with Crippen molar-refractivity contribution in [3.63, 3.8) is 0 Å². The first-order valence-electron chi connectivity index (χ1n) is 23.3. The second-order valence-corrected chi connectivity index (χ2v) is 17.5. The number of aliphatic carboxylic acids is 2. The highest BCUT2D eigenvalue weighted by atomic mass is 32.1. The fourth-order valence-electron chi connectivity index (χ4n) is 7.21. The number of benzene rings is 1. The van der Waals surface area contributed by atoms with Crippen molar-refractivity contribution in [2.75, 3.05) is 50.8 Å². The lowest BCUT2D eigenvalue weighted by atomic mass is 10.0. The fourth-order valence-corrected chi connectivity index (χ4v) is 7.72. The summed E-state index contributed by atoms with van der Waals surface area (Å²) >= 11 is 8.21. The largest absolute Gasteiger partial charge is 0.508 e. The zero-order valence-corrected chi connectivity index (χ0v) is 42.1. The number of aliphatic hydroxyl groups is 1. The van der Waals surface area contributed by atoms with Gasteiger partial charge in [0.2, 0.25) is 53.2 Å². The van der Waals surface area contributed by atoms with Crippen molar-refractivity contribution in [2.24, 2.45) is 27.9 Å². The Kier molecular flexibility index (Phi) is 28.1. The van der Waals surface area contributed by atoms with Crippen LogP contribution in [-0.4, -0.2) is 196 Å². The minimum absolute atomic E-state index is 0.0329. The molecule has 1 aromatic rings. The highest BCUT2D eigenvalue weighted by Crippen LogP contribution is 2.20. The Balaban J connectivity index is 2.25. The summed E-state index contributed by atoms with van der Waals surface area (Å²) in [6.07, 6.45) is -0.195. The molecule has 31 heteroatoms. The van der Waals surface area contributed by atoms with E-state index in [9.17, 15) is 73.2 Å². The standard InChI is InChI=1S/C43H68N14O15S2/c44-12-2-1-5-25(42(71)72)52-37(66)26(15-22-8-10-23(59)11-9-22)53-39(68)30(21-74)56-40(69)31-7-4-14-57(31)41(70)28(19-58)55-38(67)27(16-34(62)63)54-36(65)24(6-3-13-48-43(46)47)50-33(61)18-49-35(64)29(20-73)51-32(60)17-45/h8-11,24-31,58-59,73-74H,1-7,12-21,44-45H2,(H,49,64)(H,50,61)(H,51,60)(H,52,66)(H,53,68)(H,54,65)(H,55,67)(H,56,69)(H,62,63)(H,71,72)(H4,46,47,48)/t24-,25-,26+,27-,28-,29+,30-,31-/m0/s1. The van der Waals surface area contributed by atoms with E-state index in [2.05, 4.69) is 72.8 Å². The van der Waals surface area contributed by atoms with E-state index in [0.717, 1.165) is 4.90 Å². The molecule has 0 saturated carbocycles. The summed E-state index contributed by atoms with van der Waals surface area (Å²) in [6.45, 7) is -2.05. The van der Waals surface area contributed by atoms with Crippen LogP contribution in [0.25, 0.3) is 0 Å². The van der Waals surface area contributed by atoms with Gasteiger partial charge in [-0.2, -0.15) is 25.3 Å². The van der Waals surface area contributed by atoms with Gasteiger partial charge in [0.15, 0.2) is 5.96 Å². The number of phenolic OH excluding ortho intramolecular Hbond substituents is 1. The molecule has 74 heavy (non-hydrogen) atoms. The Morgan fingerprint density at radius 3 is 1.81 bits per heavy atom. The van der Waals surface area contributed by atoms with Gasteiger partial charge in [-0.05, 0) is 69.2 Å². The Hall–Kier alpha value is -6.96. The number of guanidine groups is 1. The van der Waals surface area contributed by atoms with Crippen LogP contribution in [0.15, 0.2) is 29.3 Å². The van der Waals surface area contributed by atoms with Gasteiger partial charge in [-0.15, -0.1) is 0 Å². The Bertz CT molecular complexity index is 2150. The van der Waals surface area contributed by atoms with Crippen molar-refractivity contribution in [1.82, 2.24) is 47.4 Å². The minimum atomic E-state index is -1.93. The summed E-state index contributed by atoms with van der Waals surface area (Å²) in [4.78, 5) is 148. The van der Waals surface area contributed by atoms with Crippen LogP contribution in [0.1, 0.15) is 56.9 Å². The number of aromatic hydroxyl groups is 1. The number of carboxylic acid groups (broad SMARTS) is 2. The summed E-state index contributed by atoms with van der Waals surface area (Å²) in [6, 6.07) is -6.22. The van der Waals surface area contributed by atoms with Crippen molar-refractivity contribution >= 4 is 96.3 Å². The molecule has 0 radical (unpaired) electrons. The first-order valence-corrected chi connectivity index (χ1v) is 24.5. The summed E-state index contributed by atoms with van der Waals surface area (Å²) in [7, 11) is 0. The molecule has 9 amide bonds. The number of carboxylic acids is 2. The number of amides is 9. The molecular formula is C43H68N14O15S2. The number of likely N-dealkylation sites (tertiary alicyclic amines) is 1. The summed E-state index contributed by atoms with van der Waals surface area (Å²) < 4.78 is 0. The number of phenols is 1. The average Bonchev–Trinajstić information content (AvgIpc) is 3.86. The summed E-state index contributed by atoms with van der Waals surface area (Å²) in [5, 5.41) is 58.3. The fraction of sp³-hybridized carbons (Fsp3) is 0.581. The van der Waals surface area contributed by atoms with E-state index in [0.29, 0.717) is 24.9 Å². The zero-order valence-electron chi connectivity index (χ0n) is 40.3. The first kappa shape index (κ1) is 63.2. The molecule has 0 unspecified atom stereocenters. The molecule has 29 nitrogen and oxygen atoms in total. The van der Waals surface area contributed by atoms with Crippen molar-refractivity contribution < 1.29 is 73.2 Å². The van der Waals surface area contributed by atoms with E-state index >= 15 is 0 Å². The molecule has 8 atom stereocenters. The molecule has 0 aliphatic carbocycles. The monoisotopic (exact) mass is 1080 g/mol. The molecule has 20 N–H and O–H groups in total. The molecular weight excluding hydrogens is 1020 g/mol. The number of rotatable bonds is 33. The van der Waals surface area contributed by atoms with Crippen molar-refractivity contribution in [3.8, 4) is 5.75 Å². The van der Waals surface area contributed by atoms with E-state index in [-0.39, 0.29) is 74.8 Å². The molecule has 0 aromatic heterocycles. The number of hydrogen-bond acceptors (Lipinski definition) is 18. The van der Waals surface area contributed by atoms with Gasteiger partial charge >= 0.3 is 11.9 Å². The third-order valence-electron chi connectivity index (χ3n) is 11.1. The third-order valence-corrected chi connectivity index (χ3v) is 11.8. The maximum Gasteiger partial charge on any atom is 0.326 e. The van der Waals surface area contributed by atoms with Gasteiger partial charge in [0.1, 0.15) is 54.1 Å². The number of hydrogen-bond donors (Lipinski definition) is 18. The normalized spacial score (nSPS) is 15.7. The number of aliphatic hydroxyl groups excluding tert-OH is 1. The number of nitrogens with two attached hydrogens (primary N) is 4. The van der Waals surface area contributed by atoms with E-state index < -0.39 is 140 Å². The predicted molar refractivity (Wildman–Crippen MR) is 270 cm³/mol. The van der Waals surface area contributed by atoms with Crippen LogP contribution in [-0.2, 0) is 59.2 Å². The Morgan fingerprint density at radius 1 is 0.676 bits per heavy atom. The number of aliphatic imine (C=N–C) groups is 1. The molecule has 1 saturated heterocycles. The molecule has 412 valence electrons. The van der Waals surface area contributed by atoms with Crippen LogP contribution in [0.2, 0.25) is 0 Å². The highest BCUT2D eigenvalue weighted by molar-refractivity contribution is 7.80. The van der Waals surface area contributed by atoms with Crippen molar-refractivity contribution in [3.05, 3.63) is 29.8 Å². The Morgan fingerprint density at radius 2 is 1.23 bits per heavy atom. The number of carbonyl (C=O) groups is 11. The summed E-state index contributed by atoms with van der Waals surface area (Å²) in [5.74, 6) is -12.2. The van der Waals surface area contributed by atoms with Crippen molar-refractivity contribution in [2.45, 2.75) is 106 Å². The Labute approximate surface area is 436 Å². The molecule has 0 spiro atoms.